The smallest absolute Gasteiger partial charge is 0.184 e. The van der Waals surface area contributed by atoms with E-state index < -0.39 is 0 Å². The molecule has 0 heterocycles. The predicted molar refractivity (Wildman–Crippen MR) is 118 cm³/mol. The normalized spacial score (nSPS) is 21.8. The van der Waals surface area contributed by atoms with Gasteiger partial charge in [0.1, 0.15) is 5.76 Å². The van der Waals surface area contributed by atoms with E-state index in [-0.39, 0.29) is 29.6 Å². The fraction of sp³-hybridized carbons (Fsp3) is 0.480. The Labute approximate surface area is 174 Å². The Morgan fingerprint density at radius 1 is 1.28 bits per heavy atom. The summed E-state index contributed by atoms with van der Waals surface area (Å²) in [5, 5.41) is 8.04. The highest BCUT2D eigenvalue weighted by atomic mass is 16.5. The molecule has 0 spiro atoms. The molecule has 0 aromatic rings. The molecule has 156 valence electrons. The Morgan fingerprint density at radius 2 is 2.03 bits per heavy atom. The SMILES string of the molecule is CCC1=CC(CCC(=N)C(=O)CC(=O)C=CC2C=C(OC)C(C)=CC2)=CCC1C. The average molecular weight is 396 g/mol. The van der Waals surface area contributed by atoms with E-state index in [9.17, 15) is 9.59 Å². The highest BCUT2D eigenvalue weighted by molar-refractivity contribution is 6.42. The largest absolute Gasteiger partial charge is 0.497 e. The maximum absolute atomic E-state index is 12.2. The molecular weight excluding hydrogens is 362 g/mol. The van der Waals surface area contributed by atoms with Crippen molar-refractivity contribution in [3.63, 3.8) is 0 Å². The van der Waals surface area contributed by atoms with Gasteiger partial charge >= 0.3 is 0 Å². The van der Waals surface area contributed by atoms with Crippen molar-refractivity contribution in [2.75, 3.05) is 7.11 Å². The highest BCUT2D eigenvalue weighted by Crippen LogP contribution is 2.28. The van der Waals surface area contributed by atoms with Gasteiger partial charge in [0.25, 0.3) is 0 Å². The van der Waals surface area contributed by atoms with Crippen LogP contribution in [0.4, 0.5) is 0 Å². The van der Waals surface area contributed by atoms with Crippen LogP contribution in [0, 0.1) is 17.2 Å². The topological polar surface area (TPSA) is 67.2 Å². The molecular formula is C25H33NO3. The number of Topliss-reactive ketones (excluding diaryl/α,β-unsaturated/α-hetero) is 1. The molecule has 1 N–H and O–H groups in total. The number of allylic oxidation sites excluding steroid dienone is 9. The first kappa shape index (κ1) is 22.8. The first-order valence-electron chi connectivity index (χ1n) is 10.5. The number of ketones is 2. The summed E-state index contributed by atoms with van der Waals surface area (Å²) in [6.45, 7) is 6.38. The third-order valence-corrected chi connectivity index (χ3v) is 5.68. The van der Waals surface area contributed by atoms with E-state index in [1.807, 2.05) is 19.1 Å². The summed E-state index contributed by atoms with van der Waals surface area (Å²) in [4.78, 5) is 24.4. The summed E-state index contributed by atoms with van der Waals surface area (Å²) in [6.07, 6.45) is 15.5. The van der Waals surface area contributed by atoms with Gasteiger partial charge in [0, 0.05) is 5.92 Å². The van der Waals surface area contributed by atoms with Gasteiger partial charge in [-0.25, -0.2) is 0 Å². The standard InChI is InChI=1S/C25H33NO3/c1-5-21-14-19(8-6-17(21)2)11-13-23(26)24(28)16-22(27)12-10-20-9-7-18(3)25(15-20)29-4/h7-8,10,12,14-15,17,20,26H,5-6,9,11,13,16H2,1-4H3. The molecule has 0 saturated carbocycles. The second-order valence-electron chi connectivity index (χ2n) is 7.91. The van der Waals surface area contributed by atoms with Crippen LogP contribution in [0.2, 0.25) is 0 Å². The maximum Gasteiger partial charge on any atom is 0.184 e. The molecule has 2 atom stereocenters. The van der Waals surface area contributed by atoms with Gasteiger partial charge < -0.3 is 10.1 Å². The molecule has 0 radical (unpaired) electrons. The van der Waals surface area contributed by atoms with Crippen molar-refractivity contribution in [3.05, 3.63) is 58.9 Å². The number of hydrogen-bond acceptors (Lipinski definition) is 4. The molecule has 2 unspecified atom stereocenters. The number of hydrogen-bond donors (Lipinski definition) is 1. The van der Waals surface area contributed by atoms with E-state index in [2.05, 4.69) is 32.1 Å². The highest BCUT2D eigenvalue weighted by Gasteiger charge is 2.16. The Kier molecular flexibility index (Phi) is 8.56. The molecule has 4 nitrogen and oxygen atoms in total. The fourth-order valence-electron chi connectivity index (χ4n) is 3.68. The van der Waals surface area contributed by atoms with E-state index in [4.69, 9.17) is 10.1 Å². The molecule has 2 rings (SSSR count). The average Bonchev–Trinajstić information content (AvgIpc) is 2.72. The number of carbonyl (C=O) groups is 2. The minimum atomic E-state index is -0.378. The summed E-state index contributed by atoms with van der Waals surface area (Å²) in [7, 11) is 1.63. The van der Waals surface area contributed by atoms with Gasteiger partial charge in [-0.3, -0.25) is 9.59 Å². The molecule has 2 aliphatic rings. The Morgan fingerprint density at radius 3 is 2.72 bits per heavy atom. The Bertz CT molecular complexity index is 808. The van der Waals surface area contributed by atoms with E-state index in [0.717, 1.165) is 30.6 Å². The van der Waals surface area contributed by atoms with Crippen LogP contribution in [0.5, 0.6) is 0 Å². The molecule has 0 bridgehead atoms. The lowest BCUT2D eigenvalue weighted by molar-refractivity contribution is -0.121. The number of carbonyl (C=O) groups excluding carboxylic acids is 2. The molecule has 0 amide bonds. The van der Waals surface area contributed by atoms with Crippen molar-refractivity contribution in [2.45, 2.75) is 59.3 Å². The third-order valence-electron chi connectivity index (χ3n) is 5.68. The third kappa shape index (κ3) is 6.81. The second kappa shape index (κ2) is 10.9. The van der Waals surface area contributed by atoms with Crippen molar-refractivity contribution >= 4 is 17.3 Å². The minimum absolute atomic E-state index is 0.0375. The molecule has 29 heavy (non-hydrogen) atoms. The summed E-state index contributed by atoms with van der Waals surface area (Å²) < 4.78 is 5.32. The van der Waals surface area contributed by atoms with E-state index in [1.165, 1.54) is 17.2 Å². The molecule has 0 saturated heterocycles. The van der Waals surface area contributed by atoms with Crippen LogP contribution in [0.25, 0.3) is 0 Å². The fourth-order valence-corrected chi connectivity index (χ4v) is 3.68. The van der Waals surface area contributed by atoms with Crippen LogP contribution in [-0.4, -0.2) is 24.4 Å². The molecule has 0 aromatic heterocycles. The van der Waals surface area contributed by atoms with Crippen LogP contribution in [0.3, 0.4) is 0 Å². The second-order valence-corrected chi connectivity index (χ2v) is 7.91. The summed E-state index contributed by atoms with van der Waals surface area (Å²) in [6, 6.07) is 0. The lowest BCUT2D eigenvalue weighted by atomic mass is 9.86. The van der Waals surface area contributed by atoms with Gasteiger partial charge in [-0.05, 0) is 62.7 Å². The van der Waals surface area contributed by atoms with E-state index in [0.29, 0.717) is 18.8 Å². The zero-order valence-corrected chi connectivity index (χ0v) is 18.1. The zero-order chi connectivity index (χ0) is 21.4. The predicted octanol–water partition coefficient (Wildman–Crippen LogP) is 5.67. The lowest BCUT2D eigenvalue weighted by Crippen LogP contribution is -2.17. The lowest BCUT2D eigenvalue weighted by Gasteiger charge is -2.19. The van der Waals surface area contributed by atoms with E-state index >= 15 is 0 Å². The minimum Gasteiger partial charge on any atom is -0.497 e. The van der Waals surface area contributed by atoms with Crippen LogP contribution >= 0.6 is 0 Å². The van der Waals surface area contributed by atoms with Gasteiger partial charge in [-0.2, -0.15) is 0 Å². The molecule has 0 fully saturated rings. The quantitative estimate of drug-likeness (QED) is 0.294. The number of ether oxygens (including phenoxy) is 1. The van der Waals surface area contributed by atoms with Gasteiger partial charge in [0.05, 0.1) is 19.2 Å². The number of rotatable bonds is 10. The first-order valence-corrected chi connectivity index (χ1v) is 10.5. The zero-order valence-electron chi connectivity index (χ0n) is 18.1. The van der Waals surface area contributed by atoms with Gasteiger partial charge in [-0.1, -0.05) is 49.3 Å². The Hall–Kier alpha value is -2.49. The maximum atomic E-state index is 12.2. The summed E-state index contributed by atoms with van der Waals surface area (Å²) >= 11 is 0. The van der Waals surface area contributed by atoms with Crippen molar-refractivity contribution in [1.29, 1.82) is 5.41 Å². The van der Waals surface area contributed by atoms with Crippen LogP contribution in [-0.2, 0) is 14.3 Å². The van der Waals surface area contributed by atoms with Crippen molar-refractivity contribution < 1.29 is 14.3 Å². The molecule has 0 aliphatic heterocycles. The van der Waals surface area contributed by atoms with Crippen LogP contribution in [0.1, 0.15) is 59.3 Å². The monoisotopic (exact) mass is 395 g/mol. The van der Waals surface area contributed by atoms with Gasteiger partial charge in [0.2, 0.25) is 0 Å². The van der Waals surface area contributed by atoms with E-state index in [1.54, 1.807) is 7.11 Å². The van der Waals surface area contributed by atoms with Crippen LogP contribution < -0.4 is 0 Å². The molecule has 2 aliphatic carbocycles. The Balaban J connectivity index is 1.81. The van der Waals surface area contributed by atoms with Crippen molar-refractivity contribution in [1.82, 2.24) is 0 Å². The number of nitrogens with one attached hydrogen (secondary N) is 1. The van der Waals surface area contributed by atoms with Gasteiger partial charge in [-0.15, -0.1) is 0 Å². The van der Waals surface area contributed by atoms with Crippen LogP contribution in [0.15, 0.2) is 58.9 Å². The van der Waals surface area contributed by atoms with Gasteiger partial charge in [0.15, 0.2) is 11.6 Å². The molecule has 0 aromatic carbocycles. The summed E-state index contributed by atoms with van der Waals surface area (Å²) in [5.41, 5.74) is 3.76. The van der Waals surface area contributed by atoms with Crippen molar-refractivity contribution in [2.24, 2.45) is 11.8 Å². The van der Waals surface area contributed by atoms with Crippen molar-refractivity contribution in [3.8, 4) is 0 Å². The molecule has 4 heteroatoms. The summed E-state index contributed by atoms with van der Waals surface area (Å²) in [5.74, 6) is 0.858. The number of methoxy groups -OCH3 is 1. The first-order chi connectivity index (χ1) is 13.8.